The number of hydrogen-bond donors (Lipinski definition) is 0. The summed E-state index contributed by atoms with van der Waals surface area (Å²) in [7, 11) is 1.10. The van der Waals surface area contributed by atoms with Crippen LogP contribution in [0.4, 0.5) is 13.2 Å². The average molecular weight is 595 g/mol. The number of carbonyl (C=O) groups is 1. The molecule has 1 aliphatic rings. The second-order valence-corrected chi connectivity index (χ2v) is 9.68. The third kappa shape index (κ3) is 4.74. The van der Waals surface area contributed by atoms with Crippen molar-refractivity contribution >= 4 is 5.97 Å². The van der Waals surface area contributed by atoms with Gasteiger partial charge in [-0.3, -0.25) is 0 Å². The molecule has 218 valence electrons. The Kier molecular flexibility index (Phi) is 7.37. The lowest BCUT2D eigenvalue weighted by molar-refractivity contribution is -0.156. The molecule has 0 spiro atoms. The highest BCUT2D eigenvalue weighted by Gasteiger charge is 2.54. The molecule has 0 N–H and O–H groups in total. The van der Waals surface area contributed by atoms with Gasteiger partial charge in [-0.2, -0.15) is 23.4 Å². The zero-order valence-electron chi connectivity index (χ0n) is 23.0. The fourth-order valence-electron chi connectivity index (χ4n) is 5.11. The molecule has 0 aliphatic heterocycles. The van der Waals surface area contributed by atoms with Crippen LogP contribution in [-0.4, -0.2) is 18.1 Å². The average Bonchev–Trinajstić information content (AvgIpc) is 3.35. The van der Waals surface area contributed by atoms with Crippen molar-refractivity contribution in [1.82, 2.24) is 4.98 Å². The van der Waals surface area contributed by atoms with Crippen molar-refractivity contribution in [3.8, 4) is 40.3 Å². The Morgan fingerprint density at radius 1 is 0.841 bits per heavy atom. The summed E-state index contributed by atoms with van der Waals surface area (Å²) in [4.78, 5) is 16.8. The van der Waals surface area contributed by atoms with Gasteiger partial charge < -0.3 is 18.9 Å². The highest BCUT2D eigenvalue weighted by atomic mass is 19.2. The van der Waals surface area contributed by atoms with Crippen molar-refractivity contribution in [2.75, 3.05) is 7.11 Å². The van der Waals surface area contributed by atoms with Crippen molar-refractivity contribution in [2.24, 2.45) is 0 Å². The maximum Gasteiger partial charge on any atom is 0.359 e. The number of aromatic nitrogens is 1. The van der Waals surface area contributed by atoms with Crippen LogP contribution in [0.25, 0.3) is 11.1 Å². The number of carbonyl (C=O) groups excluding carboxylic acids is 1. The second kappa shape index (κ2) is 11.5. The standard InChI is InChI=1S/C34H21F3N2O5/c1-41-33(40)34(24-13-7-5-11-22(24)23-12-6-8-14-25(23)34)44-30-28(35)31(37)39-32(29(30)36)43-27-17-21(18-38)15-16-26(27)42-19-20-9-3-2-4-10-20/h2-17H,19H2,1H3. The highest BCUT2D eigenvalue weighted by Crippen LogP contribution is 2.51. The Bertz CT molecular complexity index is 1900. The van der Waals surface area contributed by atoms with Gasteiger partial charge in [-0.25, -0.2) is 4.79 Å². The van der Waals surface area contributed by atoms with Crippen LogP contribution in [0, 0.1) is 28.9 Å². The molecule has 0 atom stereocenters. The van der Waals surface area contributed by atoms with E-state index < -0.39 is 40.8 Å². The van der Waals surface area contributed by atoms with Crippen LogP contribution in [0.1, 0.15) is 22.3 Å². The fraction of sp³-hybridized carbons (Fsp3) is 0.0882. The van der Waals surface area contributed by atoms with Gasteiger partial charge in [-0.05, 0) is 28.8 Å². The highest BCUT2D eigenvalue weighted by molar-refractivity contribution is 5.96. The molecule has 4 aromatic carbocycles. The minimum atomic E-state index is -2.20. The molecule has 1 aliphatic carbocycles. The number of rotatable bonds is 8. The first-order valence-corrected chi connectivity index (χ1v) is 13.3. The number of methoxy groups -OCH3 is 1. The predicted molar refractivity (Wildman–Crippen MR) is 151 cm³/mol. The first-order chi connectivity index (χ1) is 21.4. The van der Waals surface area contributed by atoms with Crippen LogP contribution < -0.4 is 14.2 Å². The quantitative estimate of drug-likeness (QED) is 0.138. The lowest BCUT2D eigenvalue weighted by atomic mass is 9.91. The second-order valence-electron chi connectivity index (χ2n) is 9.68. The number of pyridine rings is 1. The van der Waals surface area contributed by atoms with E-state index in [9.17, 15) is 14.4 Å². The number of benzene rings is 4. The van der Waals surface area contributed by atoms with E-state index in [4.69, 9.17) is 18.9 Å². The van der Waals surface area contributed by atoms with Crippen molar-refractivity contribution in [1.29, 1.82) is 5.26 Å². The minimum absolute atomic E-state index is 0.0749. The van der Waals surface area contributed by atoms with Gasteiger partial charge in [0.25, 0.3) is 17.4 Å². The van der Waals surface area contributed by atoms with E-state index in [0.29, 0.717) is 11.1 Å². The molecule has 0 radical (unpaired) electrons. The summed E-state index contributed by atoms with van der Waals surface area (Å²) in [6.07, 6.45) is 0. The van der Waals surface area contributed by atoms with Gasteiger partial charge >= 0.3 is 5.97 Å². The molecule has 0 saturated heterocycles. The van der Waals surface area contributed by atoms with Gasteiger partial charge in [0, 0.05) is 17.2 Å². The first-order valence-electron chi connectivity index (χ1n) is 13.3. The van der Waals surface area contributed by atoms with Crippen molar-refractivity contribution < 1.29 is 36.9 Å². The molecule has 0 bridgehead atoms. The van der Waals surface area contributed by atoms with Gasteiger partial charge in [0.2, 0.25) is 17.4 Å². The lowest BCUT2D eigenvalue weighted by Crippen LogP contribution is -2.42. The summed E-state index contributed by atoms with van der Waals surface area (Å²) in [5.74, 6) is -8.46. The summed E-state index contributed by atoms with van der Waals surface area (Å²) < 4.78 is 68.9. The fourth-order valence-corrected chi connectivity index (χ4v) is 5.11. The van der Waals surface area contributed by atoms with Crippen LogP contribution in [0.2, 0.25) is 0 Å². The lowest BCUT2D eigenvalue weighted by Gasteiger charge is -2.30. The van der Waals surface area contributed by atoms with Crippen LogP contribution in [0.5, 0.6) is 23.1 Å². The van der Waals surface area contributed by atoms with E-state index in [0.717, 1.165) is 12.7 Å². The van der Waals surface area contributed by atoms with E-state index in [1.807, 2.05) is 36.4 Å². The first kappa shape index (κ1) is 28.3. The Morgan fingerprint density at radius 2 is 1.48 bits per heavy atom. The molecule has 0 saturated carbocycles. The molecular weight excluding hydrogens is 573 g/mol. The number of hydrogen-bond acceptors (Lipinski definition) is 7. The third-order valence-electron chi connectivity index (χ3n) is 7.11. The van der Waals surface area contributed by atoms with E-state index in [1.165, 1.54) is 18.2 Å². The SMILES string of the molecule is COC(=O)C1(Oc2c(F)c(F)nc(Oc3cc(C#N)ccc3OCc3ccccc3)c2F)c2ccccc2-c2ccccc21. The molecule has 1 aromatic heterocycles. The number of nitrogens with zero attached hydrogens (tertiary/aromatic N) is 2. The van der Waals surface area contributed by atoms with Gasteiger partial charge in [-0.15, -0.1) is 0 Å². The Labute approximate surface area is 249 Å². The third-order valence-corrected chi connectivity index (χ3v) is 7.11. The maximum atomic E-state index is 16.1. The van der Waals surface area contributed by atoms with E-state index in [1.54, 1.807) is 48.5 Å². The smallest absolute Gasteiger partial charge is 0.359 e. The summed E-state index contributed by atoms with van der Waals surface area (Å²) in [6.45, 7) is 0.0889. The summed E-state index contributed by atoms with van der Waals surface area (Å²) >= 11 is 0. The zero-order chi connectivity index (χ0) is 30.8. The molecule has 1 heterocycles. The number of esters is 1. The Hall–Kier alpha value is -5.82. The molecule has 0 amide bonds. The topological polar surface area (TPSA) is 90.7 Å². The summed E-state index contributed by atoms with van der Waals surface area (Å²) in [6, 6.07) is 28.4. The molecular formula is C34H21F3N2O5. The monoisotopic (exact) mass is 594 g/mol. The van der Waals surface area contributed by atoms with Crippen LogP contribution in [0.3, 0.4) is 0 Å². The van der Waals surface area contributed by atoms with Gasteiger partial charge in [-0.1, -0.05) is 78.9 Å². The summed E-state index contributed by atoms with van der Waals surface area (Å²) in [5.41, 5.74) is 0.341. The largest absolute Gasteiger partial charge is 0.485 e. The molecule has 0 unspecified atom stereocenters. The van der Waals surface area contributed by atoms with E-state index in [2.05, 4.69) is 4.98 Å². The molecule has 6 rings (SSSR count). The molecule has 10 heteroatoms. The van der Waals surface area contributed by atoms with Gasteiger partial charge in [0.05, 0.1) is 18.7 Å². The van der Waals surface area contributed by atoms with Crippen LogP contribution in [-0.2, 0) is 21.7 Å². The number of nitriles is 1. The van der Waals surface area contributed by atoms with Gasteiger partial charge in [0.1, 0.15) is 6.61 Å². The number of halogens is 3. The van der Waals surface area contributed by atoms with Crippen molar-refractivity contribution in [2.45, 2.75) is 12.2 Å². The van der Waals surface area contributed by atoms with Crippen molar-refractivity contribution in [3.63, 3.8) is 0 Å². The van der Waals surface area contributed by atoms with E-state index in [-0.39, 0.29) is 34.8 Å². The van der Waals surface area contributed by atoms with Crippen LogP contribution in [0.15, 0.2) is 97.1 Å². The maximum absolute atomic E-state index is 16.1. The number of fused-ring (bicyclic) bond motifs is 3. The Balaban J connectivity index is 1.44. The summed E-state index contributed by atoms with van der Waals surface area (Å²) in [5, 5.41) is 9.42. The zero-order valence-corrected chi connectivity index (χ0v) is 23.0. The molecule has 44 heavy (non-hydrogen) atoms. The Morgan fingerprint density at radius 3 is 2.11 bits per heavy atom. The normalized spacial score (nSPS) is 12.4. The minimum Gasteiger partial charge on any atom is -0.485 e. The van der Waals surface area contributed by atoms with E-state index >= 15 is 8.78 Å². The number of ether oxygens (including phenoxy) is 4. The van der Waals surface area contributed by atoms with Gasteiger partial charge in [0.15, 0.2) is 11.5 Å². The molecule has 7 nitrogen and oxygen atoms in total. The predicted octanol–water partition coefficient (Wildman–Crippen LogP) is 7.22. The molecule has 5 aromatic rings. The van der Waals surface area contributed by atoms with Crippen LogP contribution >= 0.6 is 0 Å². The molecule has 0 fully saturated rings. The van der Waals surface area contributed by atoms with Crippen molar-refractivity contribution in [3.05, 3.63) is 137 Å².